The highest BCUT2D eigenvalue weighted by atomic mass is 79.9. The minimum absolute atomic E-state index is 0.00512. The molecule has 1 aliphatic heterocycles. The molecule has 0 aliphatic carbocycles. The molecule has 5 nitrogen and oxygen atoms in total. The predicted molar refractivity (Wildman–Crippen MR) is 100 cm³/mol. The lowest BCUT2D eigenvalue weighted by atomic mass is 9.96. The van der Waals surface area contributed by atoms with E-state index in [9.17, 15) is 4.79 Å². The van der Waals surface area contributed by atoms with Crippen LogP contribution in [0.1, 0.15) is 40.5 Å². The van der Waals surface area contributed by atoms with E-state index >= 15 is 0 Å². The van der Waals surface area contributed by atoms with Crippen LogP contribution in [0.25, 0.3) is 0 Å². The van der Waals surface area contributed by atoms with Crippen LogP contribution in [-0.2, 0) is 6.54 Å². The highest BCUT2D eigenvalue weighted by molar-refractivity contribution is 9.10. The normalized spacial score (nSPS) is 16.1. The Hall–Kier alpha value is -1.66. The van der Waals surface area contributed by atoms with E-state index in [1.807, 2.05) is 38.1 Å². The minimum atomic E-state index is -0.00512. The number of nitrogens with zero attached hydrogens (tertiary/aromatic N) is 2. The number of halogens is 1. The molecule has 0 saturated carbocycles. The van der Waals surface area contributed by atoms with Gasteiger partial charge >= 0.3 is 0 Å². The van der Waals surface area contributed by atoms with Crippen LogP contribution in [0.3, 0.4) is 0 Å². The molecule has 0 atom stereocenters. The van der Waals surface area contributed by atoms with Gasteiger partial charge < -0.3 is 9.73 Å². The molecule has 6 heteroatoms. The van der Waals surface area contributed by atoms with Gasteiger partial charge in [-0.2, -0.15) is 0 Å². The lowest BCUT2D eigenvalue weighted by Gasteiger charge is -2.31. The summed E-state index contributed by atoms with van der Waals surface area (Å²) >= 11 is 3.40. The van der Waals surface area contributed by atoms with Crippen molar-refractivity contribution in [3.05, 3.63) is 51.6 Å². The number of amides is 1. The van der Waals surface area contributed by atoms with Gasteiger partial charge in [0.15, 0.2) is 0 Å². The third-order valence-corrected chi connectivity index (χ3v) is 5.27. The number of rotatable bonds is 5. The van der Waals surface area contributed by atoms with Gasteiger partial charge in [0.2, 0.25) is 5.89 Å². The molecule has 2 aromatic rings. The first-order valence-electron chi connectivity index (χ1n) is 8.70. The van der Waals surface area contributed by atoms with Gasteiger partial charge in [-0.25, -0.2) is 4.98 Å². The molecule has 1 aromatic carbocycles. The summed E-state index contributed by atoms with van der Waals surface area (Å²) < 4.78 is 6.59. The Morgan fingerprint density at radius 3 is 2.76 bits per heavy atom. The van der Waals surface area contributed by atoms with Crippen molar-refractivity contribution < 1.29 is 9.21 Å². The highest BCUT2D eigenvalue weighted by Gasteiger charge is 2.21. The summed E-state index contributed by atoms with van der Waals surface area (Å²) in [6, 6.07) is 7.48. The van der Waals surface area contributed by atoms with E-state index in [1.165, 1.54) is 0 Å². The molecule has 134 valence electrons. The van der Waals surface area contributed by atoms with Gasteiger partial charge in [0.05, 0.1) is 12.2 Å². The molecule has 0 bridgehead atoms. The molecule has 1 amide bonds. The van der Waals surface area contributed by atoms with E-state index in [1.54, 1.807) is 0 Å². The smallest absolute Gasteiger partial charge is 0.251 e. The average Bonchev–Trinajstić information content (AvgIpc) is 2.91. The van der Waals surface area contributed by atoms with E-state index in [-0.39, 0.29) is 5.91 Å². The van der Waals surface area contributed by atoms with Crippen LogP contribution in [0, 0.1) is 19.8 Å². The molecule has 2 heterocycles. The lowest BCUT2D eigenvalue weighted by Crippen LogP contribution is -2.38. The zero-order chi connectivity index (χ0) is 17.8. The van der Waals surface area contributed by atoms with Crippen LogP contribution in [0.4, 0.5) is 0 Å². The van der Waals surface area contributed by atoms with Gasteiger partial charge in [0.25, 0.3) is 5.91 Å². The molecule has 25 heavy (non-hydrogen) atoms. The lowest BCUT2D eigenvalue weighted by molar-refractivity contribution is 0.0933. The van der Waals surface area contributed by atoms with E-state index in [0.29, 0.717) is 11.5 Å². The number of carbonyl (C=O) groups excluding carboxylic acids is 1. The SMILES string of the molecule is Cc1nc(CN2CCC(CNC(=O)c3cccc(Br)c3)CC2)oc1C. The molecular weight excluding hydrogens is 382 g/mol. The predicted octanol–water partition coefficient (Wildman–Crippen LogP) is 3.70. The van der Waals surface area contributed by atoms with E-state index in [4.69, 9.17) is 4.42 Å². The fraction of sp³-hybridized carbons (Fsp3) is 0.474. The Labute approximate surface area is 156 Å². The monoisotopic (exact) mass is 405 g/mol. The van der Waals surface area contributed by atoms with Crippen molar-refractivity contribution in [1.82, 2.24) is 15.2 Å². The number of benzene rings is 1. The van der Waals surface area contributed by atoms with Crippen LogP contribution in [0.5, 0.6) is 0 Å². The first kappa shape index (κ1) is 18.1. The second-order valence-electron chi connectivity index (χ2n) is 6.69. The fourth-order valence-corrected chi connectivity index (χ4v) is 3.51. The van der Waals surface area contributed by atoms with Crippen molar-refractivity contribution in [2.45, 2.75) is 33.2 Å². The molecular formula is C19H24BrN3O2. The Morgan fingerprint density at radius 1 is 1.36 bits per heavy atom. The Morgan fingerprint density at radius 2 is 2.12 bits per heavy atom. The van der Waals surface area contributed by atoms with Crippen molar-refractivity contribution in [3.8, 4) is 0 Å². The first-order valence-corrected chi connectivity index (χ1v) is 9.49. The molecule has 1 aromatic heterocycles. The molecule has 0 unspecified atom stereocenters. The number of hydrogen-bond donors (Lipinski definition) is 1. The van der Waals surface area contributed by atoms with Crippen molar-refractivity contribution >= 4 is 21.8 Å². The van der Waals surface area contributed by atoms with Crippen LogP contribution >= 0.6 is 15.9 Å². The maximum atomic E-state index is 12.2. The summed E-state index contributed by atoms with van der Waals surface area (Å²) in [7, 11) is 0. The number of piperidine rings is 1. The number of aromatic nitrogens is 1. The summed E-state index contributed by atoms with van der Waals surface area (Å²) in [6.07, 6.45) is 2.16. The molecule has 0 spiro atoms. The van der Waals surface area contributed by atoms with Crippen LogP contribution in [-0.4, -0.2) is 35.4 Å². The van der Waals surface area contributed by atoms with Gasteiger partial charge in [-0.05, 0) is 63.9 Å². The number of hydrogen-bond acceptors (Lipinski definition) is 4. The summed E-state index contributed by atoms with van der Waals surface area (Å²) in [6.45, 7) is 7.45. The summed E-state index contributed by atoms with van der Waals surface area (Å²) in [5, 5.41) is 3.06. The largest absolute Gasteiger partial charge is 0.444 e. The Kier molecular flexibility index (Phi) is 5.91. The minimum Gasteiger partial charge on any atom is -0.444 e. The summed E-state index contributed by atoms with van der Waals surface area (Å²) in [4.78, 5) is 19.0. The molecule has 1 N–H and O–H groups in total. The quantitative estimate of drug-likeness (QED) is 0.823. The Bertz CT molecular complexity index is 717. The van der Waals surface area contributed by atoms with E-state index in [0.717, 1.165) is 60.8 Å². The van der Waals surface area contributed by atoms with Crippen molar-refractivity contribution in [2.24, 2.45) is 5.92 Å². The third kappa shape index (κ3) is 4.92. The molecule has 1 saturated heterocycles. The maximum Gasteiger partial charge on any atom is 0.251 e. The second-order valence-corrected chi connectivity index (χ2v) is 7.60. The van der Waals surface area contributed by atoms with Crippen LogP contribution in [0.2, 0.25) is 0 Å². The fourth-order valence-electron chi connectivity index (χ4n) is 3.12. The Balaban J connectivity index is 1.42. The van der Waals surface area contributed by atoms with E-state index < -0.39 is 0 Å². The number of nitrogens with one attached hydrogen (secondary N) is 1. The highest BCUT2D eigenvalue weighted by Crippen LogP contribution is 2.19. The van der Waals surface area contributed by atoms with Gasteiger partial charge in [0.1, 0.15) is 5.76 Å². The van der Waals surface area contributed by atoms with Crippen molar-refractivity contribution in [2.75, 3.05) is 19.6 Å². The zero-order valence-electron chi connectivity index (χ0n) is 14.7. The standard InChI is InChI=1S/C19H24BrN3O2/c1-13-14(2)25-18(22-13)12-23-8-6-15(7-9-23)11-21-19(24)16-4-3-5-17(20)10-16/h3-5,10,15H,6-9,11-12H2,1-2H3,(H,21,24). The number of oxazole rings is 1. The van der Waals surface area contributed by atoms with E-state index in [2.05, 4.69) is 31.1 Å². The zero-order valence-corrected chi connectivity index (χ0v) is 16.3. The average molecular weight is 406 g/mol. The second kappa shape index (κ2) is 8.15. The number of carbonyl (C=O) groups is 1. The van der Waals surface area contributed by atoms with Crippen molar-refractivity contribution in [3.63, 3.8) is 0 Å². The van der Waals surface area contributed by atoms with Crippen LogP contribution in [0.15, 0.2) is 33.2 Å². The molecule has 0 radical (unpaired) electrons. The number of likely N-dealkylation sites (tertiary alicyclic amines) is 1. The summed E-state index contributed by atoms with van der Waals surface area (Å²) in [5.74, 6) is 2.23. The van der Waals surface area contributed by atoms with Gasteiger partial charge in [-0.15, -0.1) is 0 Å². The van der Waals surface area contributed by atoms with Gasteiger partial charge in [-0.3, -0.25) is 9.69 Å². The molecule has 1 fully saturated rings. The summed E-state index contributed by atoms with van der Waals surface area (Å²) in [5.41, 5.74) is 1.67. The molecule has 3 rings (SSSR count). The molecule has 1 aliphatic rings. The third-order valence-electron chi connectivity index (χ3n) is 4.78. The van der Waals surface area contributed by atoms with Crippen LogP contribution < -0.4 is 5.32 Å². The van der Waals surface area contributed by atoms with Gasteiger partial charge in [-0.1, -0.05) is 22.0 Å². The van der Waals surface area contributed by atoms with Gasteiger partial charge in [0, 0.05) is 16.6 Å². The van der Waals surface area contributed by atoms with Crippen molar-refractivity contribution in [1.29, 1.82) is 0 Å². The topological polar surface area (TPSA) is 58.4 Å². The maximum absolute atomic E-state index is 12.2. The number of aryl methyl sites for hydroxylation is 2. The first-order chi connectivity index (χ1) is 12.0.